The number of hydrogen-bond acceptors (Lipinski definition) is 9. The fraction of sp³-hybridized carbons (Fsp3) is 0.396. The molecular weight excluding hydrogens is 1280 g/mol. The van der Waals surface area contributed by atoms with E-state index in [1.54, 1.807) is 0 Å². The molecule has 10 rings (SSSR count). The first kappa shape index (κ1) is 91.7. The van der Waals surface area contributed by atoms with Gasteiger partial charge in [0.1, 0.15) is 0 Å². The summed E-state index contributed by atoms with van der Waals surface area (Å²) < 4.78 is 0. The van der Waals surface area contributed by atoms with E-state index in [2.05, 4.69) is 286 Å². The number of nitrogens with two attached hydrogens (primary N) is 9. The van der Waals surface area contributed by atoms with E-state index in [1.807, 2.05) is 89.2 Å². The maximum Gasteiger partial charge on any atom is 0.0423 e. The zero-order valence-electron chi connectivity index (χ0n) is 70.2. The van der Waals surface area contributed by atoms with Crippen LogP contribution in [-0.4, -0.2) is 0 Å². The van der Waals surface area contributed by atoms with Crippen molar-refractivity contribution in [3.8, 4) is 0 Å². The van der Waals surface area contributed by atoms with E-state index in [9.17, 15) is 0 Å². The van der Waals surface area contributed by atoms with Crippen molar-refractivity contribution in [2.45, 2.75) is 252 Å². The first-order chi connectivity index (χ1) is 48.8. The minimum atomic E-state index is 0.125. The lowest BCUT2D eigenvalue weighted by Crippen LogP contribution is -2.17. The Morgan fingerprint density at radius 2 is 0.733 bits per heavy atom. The van der Waals surface area contributed by atoms with Crippen LogP contribution < -0.4 is 51.6 Å². The summed E-state index contributed by atoms with van der Waals surface area (Å²) in [6.07, 6.45) is 4.23. The van der Waals surface area contributed by atoms with E-state index in [-0.39, 0.29) is 21.7 Å². The van der Waals surface area contributed by atoms with E-state index >= 15 is 0 Å². The van der Waals surface area contributed by atoms with Crippen molar-refractivity contribution in [2.24, 2.45) is 0 Å². The van der Waals surface area contributed by atoms with Gasteiger partial charge in [-0.15, -0.1) is 0 Å². The first-order valence-electron chi connectivity index (χ1n) is 37.9. The summed E-state index contributed by atoms with van der Waals surface area (Å²) in [5.41, 5.74) is 81.7. The molecule has 0 aliphatic heterocycles. The molecule has 10 aromatic rings. The molecule has 1 unspecified atom stereocenters. The van der Waals surface area contributed by atoms with Crippen molar-refractivity contribution in [2.75, 3.05) is 51.6 Å². The Balaban J connectivity index is 0.000000402. The normalized spacial score (nSPS) is 11.2. The van der Waals surface area contributed by atoms with Gasteiger partial charge in [0.15, 0.2) is 0 Å². The van der Waals surface area contributed by atoms with Gasteiger partial charge in [-0.25, -0.2) is 0 Å². The number of hydrogen-bond donors (Lipinski definition) is 9. The standard InChI is InChI=1S/C14H23N.C12H19N.C11H11N.C11H17N.3C10H15N.2C9H13N/c1-13(2,3)10-7-8-11(12(15)9-10)14(4,5)6;1-4-9(3)11-8-6-7-10(5-2)12(11)13;1-8-6-7-9-4-2-3-5-10(9)11(8)12;1-8-6-5-7-9(10(8)12)11(2,3)4;1-10(2,3)8-6-4-5-7-9(8)11;1-7(2)9-6-4-5-8(3)10(9)11;1-3-8-6-5-7-9(4-2)10(8)11;1-6-4-7(2)9(10)8(3)5-6;1-7(2)8-3-5-9(10)6-4-8/h7-9H,15H2,1-6H3;6-9H,4-5,13H2,1-3H3;2-7H,12H2,1H3;5-7H,12H2,1-4H3;2*4-7H,11H2,1-3H3;5-7H,3-4,11H2,1-2H3;4-5H,10H2,1-3H3;3-7H,10H2,1-2H3. The zero-order valence-corrected chi connectivity index (χ0v) is 70.2. The average Bonchev–Trinajstić information content (AvgIpc) is 0.846. The predicted octanol–water partition coefficient (Wildman–Crippen LogP) is 25.1. The Labute approximate surface area is 639 Å². The lowest BCUT2D eigenvalue weighted by atomic mass is 9.81. The lowest BCUT2D eigenvalue weighted by Gasteiger charge is -2.25. The molecule has 0 aliphatic carbocycles. The van der Waals surface area contributed by atoms with E-state index in [0.29, 0.717) is 17.8 Å². The molecule has 105 heavy (non-hydrogen) atoms. The van der Waals surface area contributed by atoms with Crippen LogP contribution in [-0.2, 0) is 40.9 Å². The van der Waals surface area contributed by atoms with Gasteiger partial charge in [0.25, 0.3) is 0 Å². The van der Waals surface area contributed by atoms with Gasteiger partial charge in [-0.05, 0) is 220 Å². The van der Waals surface area contributed by atoms with Crippen molar-refractivity contribution in [1.82, 2.24) is 0 Å². The smallest absolute Gasteiger partial charge is 0.0423 e. The Hall–Kier alpha value is -9.34. The van der Waals surface area contributed by atoms with Gasteiger partial charge in [0, 0.05) is 56.6 Å². The van der Waals surface area contributed by atoms with Gasteiger partial charge >= 0.3 is 0 Å². The third kappa shape index (κ3) is 30.0. The number of aryl methyl sites for hydroxylation is 9. The fourth-order valence-corrected chi connectivity index (χ4v) is 11.8. The average molecular weight is 1420 g/mol. The Kier molecular flexibility index (Phi) is 37.2. The number of fused-ring (bicyclic) bond motifs is 1. The summed E-state index contributed by atoms with van der Waals surface area (Å²) in [5, 5.41) is 2.36. The summed E-state index contributed by atoms with van der Waals surface area (Å²) >= 11 is 0. The molecule has 1 atom stereocenters. The molecule has 0 radical (unpaired) electrons. The molecule has 0 saturated carbocycles. The molecule has 0 aliphatic rings. The van der Waals surface area contributed by atoms with Gasteiger partial charge in [-0.3, -0.25) is 0 Å². The molecule has 0 fully saturated rings. The second kappa shape index (κ2) is 42.6. The van der Waals surface area contributed by atoms with Crippen molar-refractivity contribution in [3.05, 3.63) is 277 Å². The zero-order chi connectivity index (χ0) is 80.1. The third-order valence-electron chi connectivity index (χ3n) is 18.9. The molecule has 18 N–H and O–H groups in total. The van der Waals surface area contributed by atoms with Crippen LogP contribution in [0, 0.1) is 41.5 Å². The molecule has 0 heterocycles. The lowest BCUT2D eigenvalue weighted by molar-refractivity contribution is 0.579. The quantitative estimate of drug-likeness (QED) is 0.0690. The van der Waals surface area contributed by atoms with Crippen LogP contribution in [0.3, 0.4) is 0 Å². The monoisotopic (exact) mass is 1420 g/mol. The molecule has 0 saturated heterocycles. The minimum Gasteiger partial charge on any atom is -0.399 e. The summed E-state index contributed by atoms with van der Waals surface area (Å²) in [4.78, 5) is 0. The third-order valence-corrected chi connectivity index (χ3v) is 18.9. The Morgan fingerprint density at radius 3 is 1.17 bits per heavy atom. The highest BCUT2D eigenvalue weighted by molar-refractivity contribution is 5.94. The van der Waals surface area contributed by atoms with Gasteiger partial charge in [0.05, 0.1) is 0 Å². The fourth-order valence-electron chi connectivity index (χ4n) is 11.8. The van der Waals surface area contributed by atoms with E-state index in [0.717, 1.165) is 87.8 Å². The van der Waals surface area contributed by atoms with Crippen molar-refractivity contribution >= 4 is 62.0 Å². The Morgan fingerprint density at radius 1 is 0.305 bits per heavy atom. The molecular formula is C96H141N9. The Bertz CT molecular complexity index is 4190. The van der Waals surface area contributed by atoms with E-state index in [4.69, 9.17) is 51.6 Å². The molecule has 0 bridgehead atoms. The second-order valence-corrected chi connectivity index (χ2v) is 32.6. The topological polar surface area (TPSA) is 234 Å². The maximum absolute atomic E-state index is 6.10. The minimum absolute atomic E-state index is 0.125. The highest BCUT2D eigenvalue weighted by Gasteiger charge is 2.21. The summed E-state index contributed by atoms with van der Waals surface area (Å²) in [5.74, 6) is 1.70. The molecule has 9 nitrogen and oxygen atoms in total. The van der Waals surface area contributed by atoms with Crippen molar-refractivity contribution < 1.29 is 0 Å². The van der Waals surface area contributed by atoms with Gasteiger partial charge in [-0.1, -0.05) is 315 Å². The number of nitrogen functional groups attached to an aromatic ring is 9. The molecule has 0 spiro atoms. The van der Waals surface area contributed by atoms with Gasteiger partial charge < -0.3 is 51.6 Å². The van der Waals surface area contributed by atoms with E-state index in [1.165, 1.54) is 88.8 Å². The van der Waals surface area contributed by atoms with Crippen LogP contribution in [0.4, 0.5) is 51.2 Å². The number of benzene rings is 10. The van der Waals surface area contributed by atoms with Crippen molar-refractivity contribution in [3.63, 3.8) is 0 Å². The molecule has 0 amide bonds. The SMILES string of the molecule is CC(C)(C)c1ccc(C(C)(C)C)c(N)c1.CC(C)(C)c1ccccc1N.CC(C)c1ccc(N)cc1.CCc1cccc(C(C)CC)c1N.CCc1cccc(CC)c1N.Cc1cc(C)c(N)c(C)c1.Cc1ccc2ccccc2c1N.Cc1cccc(C(C)(C)C)c1N.Cc1cccc(C(C)C)c1N. The number of rotatable bonds is 7. The van der Waals surface area contributed by atoms with Crippen LogP contribution in [0.1, 0.15) is 259 Å². The highest BCUT2D eigenvalue weighted by atomic mass is 14.6. The number of anilines is 9. The maximum atomic E-state index is 6.10. The van der Waals surface area contributed by atoms with Crippen LogP contribution in [0.15, 0.2) is 188 Å². The number of para-hydroxylation sites is 5. The van der Waals surface area contributed by atoms with Gasteiger partial charge in [0.2, 0.25) is 0 Å². The van der Waals surface area contributed by atoms with Crippen molar-refractivity contribution in [1.29, 1.82) is 0 Å². The molecule has 0 aromatic heterocycles. The summed E-state index contributed by atoms with van der Waals surface area (Å²) in [6, 6.07) is 64.0. The highest BCUT2D eigenvalue weighted by Crippen LogP contribution is 2.34. The second-order valence-electron chi connectivity index (χ2n) is 32.6. The van der Waals surface area contributed by atoms with E-state index < -0.39 is 0 Å². The van der Waals surface area contributed by atoms with Crippen LogP contribution in [0.25, 0.3) is 10.8 Å². The molecule has 570 valence electrons. The van der Waals surface area contributed by atoms with Crippen LogP contribution in [0.5, 0.6) is 0 Å². The molecule has 9 heteroatoms. The van der Waals surface area contributed by atoms with Gasteiger partial charge in [-0.2, -0.15) is 0 Å². The summed E-state index contributed by atoms with van der Waals surface area (Å²) in [6.45, 7) is 58.0. The summed E-state index contributed by atoms with van der Waals surface area (Å²) in [7, 11) is 0. The largest absolute Gasteiger partial charge is 0.399 e. The molecule has 10 aromatic carbocycles. The predicted molar refractivity (Wildman–Crippen MR) is 473 cm³/mol. The van der Waals surface area contributed by atoms with Crippen LogP contribution in [0.2, 0.25) is 0 Å². The first-order valence-corrected chi connectivity index (χ1v) is 37.9. The van der Waals surface area contributed by atoms with Crippen LogP contribution >= 0.6 is 0 Å².